The lowest BCUT2D eigenvalue weighted by Crippen LogP contribution is -2.00. The van der Waals surface area contributed by atoms with Gasteiger partial charge in [-0.1, -0.05) is 48.5 Å². The molecule has 0 spiro atoms. The second-order valence-electron chi connectivity index (χ2n) is 4.93. The molecule has 0 aromatic heterocycles. The van der Waals surface area contributed by atoms with Gasteiger partial charge in [-0.2, -0.15) is 0 Å². The molecule has 2 aromatic rings. The summed E-state index contributed by atoms with van der Waals surface area (Å²) in [5, 5.41) is 8.01. The van der Waals surface area contributed by atoms with E-state index in [2.05, 4.69) is 0 Å². The van der Waals surface area contributed by atoms with E-state index >= 15 is 0 Å². The summed E-state index contributed by atoms with van der Waals surface area (Å²) in [6.45, 7) is 5.36. The number of aryl methyl sites for hydroxylation is 1. The van der Waals surface area contributed by atoms with E-state index in [0.29, 0.717) is 16.8 Å². The van der Waals surface area contributed by atoms with Gasteiger partial charge in [0, 0.05) is 16.8 Å². The van der Waals surface area contributed by atoms with Crippen LogP contribution in [0.4, 0.5) is 4.39 Å². The van der Waals surface area contributed by atoms with E-state index in [4.69, 9.17) is 5.41 Å². The number of benzene rings is 2. The van der Waals surface area contributed by atoms with Crippen molar-refractivity contribution in [3.8, 4) is 0 Å². The molecule has 0 bridgehead atoms. The maximum absolute atomic E-state index is 14.3. The fraction of sp³-hybridized carbons (Fsp3) is 0.167. The Morgan fingerprint density at radius 2 is 1.60 bits per heavy atom. The van der Waals surface area contributed by atoms with Crippen LogP contribution in [0, 0.1) is 18.2 Å². The maximum atomic E-state index is 14.3. The lowest BCUT2D eigenvalue weighted by Gasteiger charge is -2.13. The van der Waals surface area contributed by atoms with Gasteiger partial charge in [-0.25, -0.2) is 4.39 Å². The first kappa shape index (κ1) is 14.2. The molecule has 0 heterocycles. The molecule has 20 heavy (non-hydrogen) atoms. The molecule has 0 radical (unpaired) electrons. The number of hydrogen-bond donors (Lipinski definition) is 1. The molecule has 0 amide bonds. The highest BCUT2D eigenvalue weighted by Gasteiger charge is 2.13. The van der Waals surface area contributed by atoms with Crippen molar-refractivity contribution < 1.29 is 4.39 Å². The molecule has 0 fully saturated rings. The lowest BCUT2D eigenvalue weighted by molar-refractivity contribution is 0.615. The molecule has 2 heteroatoms. The first-order valence-corrected chi connectivity index (χ1v) is 6.59. The first-order chi connectivity index (χ1) is 9.52. The van der Waals surface area contributed by atoms with Crippen molar-refractivity contribution in [2.24, 2.45) is 0 Å². The van der Waals surface area contributed by atoms with Crippen LogP contribution in [0.15, 0.2) is 48.5 Å². The highest BCUT2D eigenvalue weighted by molar-refractivity contribution is 6.28. The molecule has 0 aliphatic rings. The molecule has 0 saturated carbocycles. The van der Waals surface area contributed by atoms with E-state index in [1.165, 1.54) is 0 Å². The molecule has 0 unspecified atom stereocenters. The topological polar surface area (TPSA) is 23.9 Å². The molecule has 1 N–H and O–H groups in total. The van der Waals surface area contributed by atoms with E-state index in [-0.39, 0.29) is 5.82 Å². The van der Waals surface area contributed by atoms with Gasteiger partial charge < -0.3 is 5.41 Å². The fourth-order valence-corrected chi connectivity index (χ4v) is 2.39. The molecule has 2 rings (SSSR count). The van der Waals surface area contributed by atoms with E-state index < -0.39 is 0 Å². The number of allylic oxidation sites excluding steroid dienone is 2. The number of hydrogen-bond acceptors (Lipinski definition) is 1. The predicted molar refractivity (Wildman–Crippen MR) is 83.5 cm³/mol. The Kier molecular flexibility index (Phi) is 4.14. The van der Waals surface area contributed by atoms with Crippen molar-refractivity contribution >= 4 is 16.9 Å². The standard InChI is InChI=1S/C18H18FN/c1-12-8-7-11-16(18(12)19)13(2)17(14(3)20)15-9-5-4-6-10-15/h4-11,20H,1-3H3/b17-13-,20-14?. The van der Waals surface area contributed by atoms with Gasteiger partial charge in [-0.05, 0) is 37.5 Å². The molecule has 1 nitrogen and oxygen atoms in total. The summed E-state index contributed by atoms with van der Waals surface area (Å²) in [6, 6.07) is 15.1. The van der Waals surface area contributed by atoms with Crippen molar-refractivity contribution in [2.45, 2.75) is 20.8 Å². The minimum atomic E-state index is -0.209. The van der Waals surface area contributed by atoms with E-state index in [1.54, 1.807) is 26.0 Å². The van der Waals surface area contributed by atoms with Crippen molar-refractivity contribution in [3.05, 3.63) is 71.0 Å². The Hall–Kier alpha value is -2.22. The third-order valence-electron chi connectivity index (χ3n) is 3.41. The van der Waals surface area contributed by atoms with Crippen LogP contribution in [0.2, 0.25) is 0 Å². The van der Waals surface area contributed by atoms with Gasteiger partial charge in [0.2, 0.25) is 0 Å². The summed E-state index contributed by atoms with van der Waals surface area (Å²) in [6.07, 6.45) is 0. The average Bonchev–Trinajstić information content (AvgIpc) is 2.42. The molecule has 0 atom stereocenters. The van der Waals surface area contributed by atoms with Gasteiger partial charge in [0.15, 0.2) is 0 Å². The Morgan fingerprint density at radius 1 is 0.950 bits per heavy atom. The smallest absolute Gasteiger partial charge is 0.133 e. The van der Waals surface area contributed by atoms with Crippen LogP contribution in [0.3, 0.4) is 0 Å². The van der Waals surface area contributed by atoms with Gasteiger partial charge >= 0.3 is 0 Å². The largest absolute Gasteiger partial charge is 0.305 e. The summed E-state index contributed by atoms with van der Waals surface area (Å²) < 4.78 is 14.3. The SMILES string of the molecule is CC(=N)/C(=C(\C)c1cccc(C)c1F)c1ccccc1. The normalized spacial score (nSPS) is 12.0. The second-order valence-corrected chi connectivity index (χ2v) is 4.93. The summed E-state index contributed by atoms with van der Waals surface area (Å²) in [7, 11) is 0. The molecule has 102 valence electrons. The van der Waals surface area contributed by atoms with Crippen molar-refractivity contribution in [3.63, 3.8) is 0 Å². The lowest BCUT2D eigenvalue weighted by atomic mass is 9.92. The van der Waals surface area contributed by atoms with Crippen LogP contribution in [-0.4, -0.2) is 5.71 Å². The third-order valence-corrected chi connectivity index (χ3v) is 3.41. The quantitative estimate of drug-likeness (QED) is 0.590. The molecular weight excluding hydrogens is 249 g/mol. The number of halogens is 1. The van der Waals surface area contributed by atoms with E-state index in [0.717, 1.165) is 16.7 Å². The van der Waals surface area contributed by atoms with Gasteiger partial charge in [-0.15, -0.1) is 0 Å². The Balaban J connectivity index is 2.68. The van der Waals surface area contributed by atoms with Crippen molar-refractivity contribution in [1.82, 2.24) is 0 Å². The van der Waals surface area contributed by atoms with E-state index in [9.17, 15) is 4.39 Å². The summed E-state index contributed by atoms with van der Waals surface area (Å²) in [5.41, 5.74) is 4.15. The highest BCUT2D eigenvalue weighted by atomic mass is 19.1. The number of nitrogens with one attached hydrogen (secondary N) is 1. The average molecular weight is 267 g/mol. The van der Waals surface area contributed by atoms with Crippen LogP contribution in [0.25, 0.3) is 11.1 Å². The van der Waals surface area contributed by atoms with Gasteiger partial charge in [0.05, 0.1) is 0 Å². The molecular formula is C18H18FN. The Bertz CT molecular complexity index is 669. The zero-order chi connectivity index (χ0) is 14.7. The predicted octanol–water partition coefficient (Wildman–Crippen LogP) is 5.10. The van der Waals surface area contributed by atoms with Gasteiger partial charge in [0.25, 0.3) is 0 Å². The zero-order valence-corrected chi connectivity index (χ0v) is 12.0. The fourth-order valence-electron chi connectivity index (χ4n) is 2.39. The summed E-state index contributed by atoms with van der Waals surface area (Å²) in [5.74, 6) is -0.209. The molecule has 0 saturated heterocycles. The summed E-state index contributed by atoms with van der Waals surface area (Å²) in [4.78, 5) is 0. The minimum absolute atomic E-state index is 0.209. The van der Waals surface area contributed by atoms with Crippen LogP contribution in [0.1, 0.15) is 30.5 Å². The molecule has 2 aromatic carbocycles. The summed E-state index contributed by atoms with van der Waals surface area (Å²) >= 11 is 0. The highest BCUT2D eigenvalue weighted by Crippen LogP contribution is 2.29. The Labute approximate surface area is 119 Å². The van der Waals surface area contributed by atoms with Gasteiger partial charge in [0.1, 0.15) is 5.82 Å². The van der Waals surface area contributed by atoms with Gasteiger partial charge in [-0.3, -0.25) is 0 Å². The molecule has 0 aliphatic heterocycles. The zero-order valence-electron chi connectivity index (χ0n) is 12.0. The Morgan fingerprint density at radius 3 is 2.20 bits per heavy atom. The monoisotopic (exact) mass is 267 g/mol. The second kappa shape index (κ2) is 5.83. The van der Waals surface area contributed by atoms with Crippen molar-refractivity contribution in [1.29, 1.82) is 5.41 Å². The number of rotatable bonds is 3. The van der Waals surface area contributed by atoms with Crippen molar-refractivity contribution in [2.75, 3.05) is 0 Å². The molecule has 0 aliphatic carbocycles. The van der Waals surface area contributed by atoms with Crippen LogP contribution < -0.4 is 0 Å². The maximum Gasteiger partial charge on any atom is 0.133 e. The van der Waals surface area contributed by atoms with Crippen LogP contribution >= 0.6 is 0 Å². The van der Waals surface area contributed by atoms with Crippen LogP contribution in [0.5, 0.6) is 0 Å². The minimum Gasteiger partial charge on any atom is -0.305 e. The van der Waals surface area contributed by atoms with E-state index in [1.807, 2.05) is 43.3 Å². The van der Waals surface area contributed by atoms with Crippen LogP contribution in [-0.2, 0) is 0 Å². The third kappa shape index (κ3) is 2.69. The first-order valence-electron chi connectivity index (χ1n) is 6.59.